The summed E-state index contributed by atoms with van der Waals surface area (Å²) in [5.74, 6) is -0.714. The van der Waals surface area contributed by atoms with Gasteiger partial charge in [0.2, 0.25) is 0 Å². The fourth-order valence-electron chi connectivity index (χ4n) is 2.41. The minimum absolute atomic E-state index is 0.152. The van der Waals surface area contributed by atoms with Crippen LogP contribution in [-0.2, 0) is 4.79 Å². The molecule has 3 rings (SSSR count). The number of rotatable bonds is 6. The Kier molecular flexibility index (Phi) is 5.37. The molecule has 1 amide bonds. The Morgan fingerprint density at radius 3 is 2.15 bits per heavy atom. The van der Waals surface area contributed by atoms with Gasteiger partial charge in [-0.3, -0.25) is 15.0 Å². The van der Waals surface area contributed by atoms with Gasteiger partial charge in [0.15, 0.2) is 11.5 Å². The van der Waals surface area contributed by atoms with Crippen LogP contribution in [0.4, 0.5) is 5.69 Å². The monoisotopic (exact) mass is 362 g/mol. The summed E-state index contributed by atoms with van der Waals surface area (Å²) >= 11 is 0. The van der Waals surface area contributed by atoms with Crippen molar-refractivity contribution in [2.24, 2.45) is 0 Å². The van der Waals surface area contributed by atoms with Crippen molar-refractivity contribution in [3.05, 3.63) is 90.0 Å². The molecular formula is C21H18N2O4. The zero-order valence-corrected chi connectivity index (χ0v) is 14.6. The summed E-state index contributed by atoms with van der Waals surface area (Å²) in [6.07, 6.45) is 0. The van der Waals surface area contributed by atoms with Crippen LogP contribution in [0.2, 0.25) is 0 Å². The second-order valence-electron chi connectivity index (χ2n) is 5.76. The van der Waals surface area contributed by atoms with E-state index in [1.807, 2.05) is 24.3 Å². The normalized spacial score (nSPS) is 10.1. The quantitative estimate of drug-likeness (QED) is 0.515. The van der Waals surface area contributed by atoms with Crippen LogP contribution in [-0.4, -0.2) is 22.0 Å². The third-order valence-corrected chi connectivity index (χ3v) is 3.74. The van der Waals surface area contributed by atoms with Crippen molar-refractivity contribution in [2.75, 3.05) is 5.43 Å². The van der Waals surface area contributed by atoms with E-state index in [4.69, 9.17) is 4.84 Å². The Balaban J connectivity index is 1.78. The van der Waals surface area contributed by atoms with E-state index in [0.717, 1.165) is 5.17 Å². The number of hydrogen-bond donors (Lipinski definition) is 2. The van der Waals surface area contributed by atoms with Crippen molar-refractivity contribution in [3.63, 3.8) is 0 Å². The van der Waals surface area contributed by atoms with Crippen molar-refractivity contribution >= 4 is 17.4 Å². The SMILES string of the molecule is CC(=O)N(Nc1ccccc1)Oc1ccc(C(=O)c2ccccc2)c(O)c1. The van der Waals surface area contributed by atoms with Gasteiger partial charge in [0.25, 0.3) is 5.91 Å². The first-order chi connectivity index (χ1) is 13.0. The minimum atomic E-state index is -0.386. The average Bonchev–Trinajstić information content (AvgIpc) is 2.68. The zero-order valence-electron chi connectivity index (χ0n) is 14.6. The molecule has 0 aliphatic carbocycles. The van der Waals surface area contributed by atoms with Gasteiger partial charge in [0, 0.05) is 18.6 Å². The van der Waals surface area contributed by atoms with E-state index in [0.29, 0.717) is 11.3 Å². The van der Waals surface area contributed by atoms with Crippen LogP contribution in [0.5, 0.6) is 11.5 Å². The molecule has 27 heavy (non-hydrogen) atoms. The largest absolute Gasteiger partial charge is 0.507 e. The number of hydrazine groups is 1. The molecule has 136 valence electrons. The van der Waals surface area contributed by atoms with Gasteiger partial charge in [0.05, 0.1) is 11.3 Å². The number of phenolic OH excluding ortho intramolecular Hbond substituents is 1. The number of ketones is 1. The summed E-state index contributed by atoms with van der Waals surface area (Å²) in [6, 6.07) is 22.0. The summed E-state index contributed by atoms with van der Waals surface area (Å²) in [4.78, 5) is 29.8. The van der Waals surface area contributed by atoms with Crippen molar-refractivity contribution in [1.82, 2.24) is 5.17 Å². The molecule has 0 aromatic heterocycles. The first-order valence-corrected chi connectivity index (χ1v) is 8.28. The molecule has 0 aliphatic rings. The van der Waals surface area contributed by atoms with Crippen LogP contribution in [0.1, 0.15) is 22.8 Å². The van der Waals surface area contributed by atoms with Crippen molar-refractivity contribution in [1.29, 1.82) is 0 Å². The zero-order chi connectivity index (χ0) is 19.2. The number of hydrogen-bond acceptors (Lipinski definition) is 5. The van der Waals surface area contributed by atoms with Crippen LogP contribution in [0.3, 0.4) is 0 Å². The van der Waals surface area contributed by atoms with E-state index in [9.17, 15) is 14.7 Å². The molecule has 3 aromatic carbocycles. The third kappa shape index (κ3) is 4.43. The molecule has 0 radical (unpaired) electrons. The number of carbonyl (C=O) groups excluding carboxylic acids is 2. The van der Waals surface area contributed by atoms with Crippen molar-refractivity contribution in [3.8, 4) is 11.5 Å². The molecule has 2 N–H and O–H groups in total. The number of hydroxylamine groups is 1. The molecule has 0 heterocycles. The summed E-state index contributed by atoms with van der Waals surface area (Å²) < 4.78 is 0. The topological polar surface area (TPSA) is 78.9 Å². The number of amides is 1. The maximum atomic E-state index is 12.5. The predicted molar refractivity (Wildman–Crippen MR) is 101 cm³/mol. The van der Waals surface area contributed by atoms with Gasteiger partial charge in [-0.05, 0) is 24.3 Å². The summed E-state index contributed by atoms with van der Waals surface area (Å²) in [5.41, 5.74) is 4.10. The number of aromatic hydroxyl groups is 1. The first kappa shape index (κ1) is 18.0. The molecule has 3 aromatic rings. The van der Waals surface area contributed by atoms with Gasteiger partial charge in [-0.1, -0.05) is 53.7 Å². The molecule has 6 heteroatoms. The standard InChI is InChI=1S/C21H18N2O4/c1-15(24)23(22-17-10-6-3-7-11-17)27-18-12-13-19(20(25)14-18)21(26)16-8-4-2-5-9-16/h2-14,22,25H,1H3. The van der Waals surface area contributed by atoms with Crippen LogP contribution in [0, 0.1) is 0 Å². The highest BCUT2D eigenvalue weighted by molar-refractivity contribution is 6.10. The van der Waals surface area contributed by atoms with Crippen LogP contribution < -0.4 is 10.3 Å². The molecule has 0 saturated heterocycles. The summed E-state index contributed by atoms with van der Waals surface area (Å²) in [5, 5.41) is 11.2. The molecule has 6 nitrogen and oxygen atoms in total. The van der Waals surface area contributed by atoms with Gasteiger partial charge in [0.1, 0.15) is 5.75 Å². The lowest BCUT2D eigenvalue weighted by atomic mass is 10.0. The molecular weight excluding hydrogens is 344 g/mol. The Bertz CT molecular complexity index is 943. The predicted octanol–water partition coefficient (Wildman–Crippen LogP) is 3.79. The highest BCUT2D eigenvalue weighted by Gasteiger charge is 2.16. The fourth-order valence-corrected chi connectivity index (χ4v) is 2.41. The van der Waals surface area contributed by atoms with Gasteiger partial charge >= 0.3 is 0 Å². The van der Waals surface area contributed by atoms with Gasteiger partial charge < -0.3 is 9.94 Å². The second-order valence-corrected chi connectivity index (χ2v) is 5.76. The summed E-state index contributed by atoms with van der Waals surface area (Å²) in [7, 11) is 0. The van der Waals surface area contributed by atoms with Gasteiger partial charge in [-0.25, -0.2) is 0 Å². The average molecular weight is 362 g/mol. The molecule has 0 spiro atoms. The maximum absolute atomic E-state index is 12.5. The number of para-hydroxylation sites is 1. The minimum Gasteiger partial charge on any atom is -0.507 e. The number of nitrogens with zero attached hydrogens (tertiary/aromatic N) is 1. The first-order valence-electron chi connectivity index (χ1n) is 8.28. The molecule has 0 bridgehead atoms. The highest BCUT2D eigenvalue weighted by atomic mass is 16.7. The van der Waals surface area contributed by atoms with Crippen molar-refractivity contribution < 1.29 is 19.5 Å². The van der Waals surface area contributed by atoms with E-state index in [2.05, 4.69) is 5.43 Å². The van der Waals surface area contributed by atoms with Gasteiger partial charge in [-0.15, -0.1) is 0 Å². The lowest BCUT2D eigenvalue weighted by molar-refractivity contribution is -0.150. The maximum Gasteiger partial charge on any atom is 0.275 e. The third-order valence-electron chi connectivity index (χ3n) is 3.74. The number of benzene rings is 3. The van der Waals surface area contributed by atoms with E-state index < -0.39 is 0 Å². The highest BCUT2D eigenvalue weighted by Crippen LogP contribution is 2.26. The Morgan fingerprint density at radius 1 is 0.926 bits per heavy atom. The fraction of sp³-hybridized carbons (Fsp3) is 0.0476. The van der Waals surface area contributed by atoms with E-state index >= 15 is 0 Å². The second kappa shape index (κ2) is 8.05. The Hall–Kier alpha value is -3.80. The van der Waals surface area contributed by atoms with Gasteiger partial charge in [-0.2, -0.15) is 0 Å². The number of anilines is 1. The number of nitrogens with one attached hydrogen (secondary N) is 1. The summed E-state index contributed by atoms with van der Waals surface area (Å²) in [6.45, 7) is 1.34. The number of carbonyl (C=O) groups is 2. The molecule has 0 atom stereocenters. The smallest absolute Gasteiger partial charge is 0.275 e. The Labute approximate surface area is 156 Å². The molecule has 0 saturated carbocycles. The lowest BCUT2D eigenvalue weighted by Crippen LogP contribution is -2.37. The molecule has 0 fully saturated rings. The van der Waals surface area contributed by atoms with Crippen LogP contribution >= 0.6 is 0 Å². The van der Waals surface area contributed by atoms with Crippen LogP contribution in [0.15, 0.2) is 78.9 Å². The lowest BCUT2D eigenvalue weighted by Gasteiger charge is -2.22. The van der Waals surface area contributed by atoms with E-state index in [1.54, 1.807) is 36.4 Å². The molecule has 0 unspecified atom stereocenters. The Morgan fingerprint density at radius 2 is 1.56 bits per heavy atom. The van der Waals surface area contributed by atoms with Crippen molar-refractivity contribution in [2.45, 2.75) is 6.92 Å². The molecule has 0 aliphatic heterocycles. The van der Waals surface area contributed by atoms with E-state index in [1.165, 1.54) is 25.1 Å². The van der Waals surface area contributed by atoms with Crippen LogP contribution in [0.25, 0.3) is 0 Å². The van der Waals surface area contributed by atoms with E-state index in [-0.39, 0.29) is 28.8 Å². The number of phenols is 1.